The molecule has 1 atom stereocenters. The third-order valence-electron chi connectivity index (χ3n) is 4.47. The van der Waals surface area contributed by atoms with Crippen molar-refractivity contribution in [2.24, 2.45) is 0 Å². The predicted octanol–water partition coefficient (Wildman–Crippen LogP) is 3.28. The van der Waals surface area contributed by atoms with Crippen molar-refractivity contribution in [1.29, 1.82) is 0 Å². The molecule has 2 heteroatoms. The Morgan fingerprint density at radius 2 is 1.90 bits per heavy atom. The van der Waals surface area contributed by atoms with Crippen LogP contribution in [0.3, 0.4) is 0 Å². The fourth-order valence-corrected chi connectivity index (χ4v) is 2.90. The number of nitrogens with zero attached hydrogens (tertiary/aromatic N) is 1. The number of aliphatic hydroxyl groups is 1. The molecule has 0 aliphatic heterocycles. The van der Waals surface area contributed by atoms with Crippen LogP contribution in [0.25, 0.3) is 0 Å². The van der Waals surface area contributed by atoms with Crippen molar-refractivity contribution in [1.82, 2.24) is 4.98 Å². The summed E-state index contributed by atoms with van der Waals surface area (Å²) in [5.41, 5.74) is 3.45. The van der Waals surface area contributed by atoms with Gasteiger partial charge in [0.2, 0.25) is 0 Å². The molecule has 1 aromatic carbocycles. The molecule has 2 nitrogen and oxygen atoms in total. The summed E-state index contributed by atoms with van der Waals surface area (Å²) in [7, 11) is 0. The number of aryl methyl sites for hydroxylation is 1. The molecule has 0 radical (unpaired) electrons. The van der Waals surface area contributed by atoms with Gasteiger partial charge in [0, 0.05) is 23.7 Å². The zero-order valence-corrected chi connectivity index (χ0v) is 11.9. The highest BCUT2D eigenvalue weighted by Crippen LogP contribution is 2.51. The maximum absolute atomic E-state index is 10.6. The molecular weight excluding hydrogens is 246 g/mol. The molecule has 2 aromatic rings. The fourth-order valence-electron chi connectivity index (χ4n) is 2.90. The van der Waals surface area contributed by atoms with Gasteiger partial charge >= 0.3 is 0 Å². The first-order valence-electron chi connectivity index (χ1n) is 7.42. The predicted molar refractivity (Wildman–Crippen MR) is 80.7 cm³/mol. The van der Waals surface area contributed by atoms with E-state index in [4.69, 9.17) is 0 Å². The molecule has 20 heavy (non-hydrogen) atoms. The lowest BCUT2D eigenvalue weighted by atomic mass is 9.87. The highest BCUT2D eigenvalue weighted by molar-refractivity contribution is 5.33. The molecule has 3 rings (SSSR count). The number of rotatable bonds is 5. The second-order valence-corrected chi connectivity index (χ2v) is 5.75. The second kappa shape index (κ2) is 5.37. The zero-order valence-electron chi connectivity index (χ0n) is 11.9. The molecule has 1 aliphatic carbocycles. The van der Waals surface area contributed by atoms with Gasteiger partial charge in [-0.1, -0.05) is 43.3 Å². The molecule has 1 heterocycles. The van der Waals surface area contributed by atoms with Gasteiger partial charge in [-0.3, -0.25) is 4.98 Å². The van der Waals surface area contributed by atoms with E-state index >= 15 is 0 Å². The van der Waals surface area contributed by atoms with Crippen LogP contribution in [0.1, 0.15) is 36.6 Å². The molecule has 1 saturated carbocycles. The quantitative estimate of drug-likeness (QED) is 0.902. The van der Waals surface area contributed by atoms with Crippen LogP contribution in [0.15, 0.2) is 48.7 Å². The summed E-state index contributed by atoms with van der Waals surface area (Å²) in [4.78, 5) is 4.46. The molecule has 0 amide bonds. The van der Waals surface area contributed by atoms with E-state index in [1.54, 1.807) is 0 Å². The lowest BCUT2D eigenvalue weighted by molar-refractivity contribution is 0.130. The van der Waals surface area contributed by atoms with Crippen LogP contribution in [-0.4, -0.2) is 16.2 Å². The van der Waals surface area contributed by atoms with E-state index in [9.17, 15) is 5.11 Å². The van der Waals surface area contributed by atoms with Crippen molar-refractivity contribution < 1.29 is 5.11 Å². The molecule has 1 unspecified atom stereocenters. The first kappa shape index (κ1) is 13.3. The van der Waals surface area contributed by atoms with Crippen LogP contribution in [0.2, 0.25) is 0 Å². The van der Waals surface area contributed by atoms with Crippen molar-refractivity contribution in [3.63, 3.8) is 0 Å². The maximum Gasteiger partial charge on any atom is 0.0692 e. The first-order valence-corrected chi connectivity index (χ1v) is 7.42. The summed E-state index contributed by atoms with van der Waals surface area (Å²) >= 11 is 0. The lowest BCUT2D eigenvalue weighted by Gasteiger charge is -2.22. The van der Waals surface area contributed by atoms with E-state index in [0.717, 1.165) is 25.0 Å². The van der Waals surface area contributed by atoms with E-state index in [1.165, 1.54) is 11.1 Å². The zero-order chi connectivity index (χ0) is 14.0. The minimum absolute atomic E-state index is 0.0353. The summed E-state index contributed by atoms with van der Waals surface area (Å²) in [6.07, 6.45) is 5.37. The van der Waals surface area contributed by atoms with Gasteiger partial charge in [-0.25, -0.2) is 0 Å². The van der Waals surface area contributed by atoms with Gasteiger partial charge in [0.1, 0.15) is 0 Å². The number of benzene rings is 1. The Kier molecular flexibility index (Phi) is 3.58. The third kappa shape index (κ3) is 2.48. The number of pyridine rings is 1. The summed E-state index contributed by atoms with van der Waals surface area (Å²) in [6, 6.07) is 14.5. The first-order chi connectivity index (χ1) is 9.74. The average molecular weight is 267 g/mol. The van der Waals surface area contributed by atoms with Crippen LogP contribution in [0.4, 0.5) is 0 Å². The van der Waals surface area contributed by atoms with Gasteiger partial charge in [0.25, 0.3) is 0 Å². The summed E-state index contributed by atoms with van der Waals surface area (Å²) < 4.78 is 0. The second-order valence-electron chi connectivity index (χ2n) is 5.75. The van der Waals surface area contributed by atoms with Gasteiger partial charge in [0.05, 0.1) is 6.10 Å². The number of aliphatic hydroxyl groups excluding tert-OH is 1. The lowest BCUT2D eigenvalue weighted by Crippen LogP contribution is -2.28. The van der Waals surface area contributed by atoms with Gasteiger partial charge < -0.3 is 5.11 Å². The molecular formula is C18H21NO. The molecule has 0 spiro atoms. The van der Waals surface area contributed by atoms with Gasteiger partial charge in [-0.2, -0.15) is 0 Å². The Labute approximate surface area is 120 Å². The molecule has 104 valence electrons. The Hall–Kier alpha value is -1.67. The summed E-state index contributed by atoms with van der Waals surface area (Å²) in [6.45, 7) is 2.13. The topological polar surface area (TPSA) is 33.1 Å². The van der Waals surface area contributed by atoms with Gasteiger partial charge in [-0.15, -0.1) is 0 Å². The maximum atomic E-state index is 10.6. The van der Waals surface area contributed by atoms with Crippen LogP contribution in [0.5, 0.6) is 0 Å². The SMILES string of the molecule is CCc1ccc(CC(O)C2(c3ccccc3)CC2)nc1. The Balaban J connectivity index is 1.74. The number of hydrogen-bond acceptors (Lipinski definition) is 2. The number of hydrogen-bond donors (Lipinski definition) is 1. The smallest absolute Gasteiger partial charge is 0.0692 e. The largest absolute Gasteiger partial charge is 0.392 e. The van der Waals surface area contributed by atoms with Crippen LogP contribution < -0.4 is 0 Å². The van der Waals surface area contributed by atoms with Crippen LogP contribution >= 0.6 is 0 Å². The third-order valence-corrected chi connectivity index (χ3v) is 4.47. The van der Waals surface area contributed by atoms with E-state index in [2.05, 4.69) is 42.2 Å². The van der Waals surface area contributed by atoms with Gasteiger partial charge in [0.15, 0.2) is 0 Å². The standard InChI is InChI=1S/C18H21NO/c1-2-14-8-9-16(19-13-14)12-17(20)18(10-11-18)15-6-4-3-5-7-15/h3-9,13,17,20H,2,10-12H2,1H3. The molecule has 1 N–H and O–H groups in total. The Bertz CT molecular complexity index is 558. The van der Waals surface area contributed by atoms with Crippen molar-refractivity contribution in [2.75, 3.05) is 0 Å². The average Bonchev–Trinajstić information content (AvgIpc) is 3.31. The van der Waals surface area contributed by atoms with Crippen LogP contribution in [0, 0.1) is 0 Å². The fraction of sp³-hybridized carbons (Fsp3) is 0.389. The molecule has 1 fully saturated rings. The van der Waals surface area contributed by atoms with E-state index in [1.807, 2.05) is 18.3 Å². The highest BCUT2D eigenvalue weighted by atomic mass is 16.3. The van der Waals surface area contributed by atoms with Crippen molar-refractivity contribution in [2.45, 2.75) is 44.1 Å². The molecule has 1 aliphatic rings. The minimum Gasteiger partial charge on any atom is -0.392 e. The van der Waals surface area contributed by atoms with Gasteiger partial charge in [-0.05, 0) is 36.5 Å². The summed E-state index contributed by atoms with van der Waals surface area (Å²) in [5, 5.41) is 10.6. The number of aromatic nitrogens is 1. The van der Waals surface area contributed by atoms with Crippen LogP contribution in [-0.2, 0) is 18.3 Å². The monoisotopic (exact) mass is 267 g/mol. The molecule has 1 aromatic heterocycles. The van der Waals surface area contributed by atoms with E-state index in [0.29, 0.717) is 6.42 Å². The molecule has 0 bridgehead atoms. The highest BCUT2D eigenvalue weighted by Gasteiger charge is 2.50. The van der Waals surface area contributed by atoms with E-state index < -0.39 is 0 Å². The molecule has 0 saturated heterocycles. The Morgan fingerprint density at radius 1 is 1.15 bits per heavy atom. The van der Waals surface area contributed by atoms with Crippen molar-refractivity contribution >= 4 is 0 Å². The normalized spacial score (nSPS) is 17.7. The Morgan fingerprint density at radius 3 is 2.45 bits per heavy atom. The van der Waals surface area contributed by atoms with Crippen molar-refractivity contribution in [3.8, 4) is 0 Å². The van der Waals surface area contributed by atoms with E-state index in [-0.39, 0.29) is 11.5 Å². The summed E-state index contributed by atoms with van der Waals surface area (Å²) in [5.74, 6) is 0. The van der Waals surface area contributed by atoms with Crippen molar-refractivity contribution in [3.05, 3.63) is 65.5 Å². The minimum atomic E-state index is -0.343.